The van der Waals surface area contributed by atoms with Gasteiger partial charge in [0.2, 0.25) is 0 Å². The van der Waals surface area contributed by atoms with Crippen molar-refractivity contribution in [3.05, 3.63) is 28.8 Å². The van der Waals surface area contributed by atoms with Crippen LogP contribution in [0.25, 0.3) is 0 Å². The summed E-state index contributed by atoms with van der Waals surface area (Å²) in [5.74, 6) is 0. The topological polar surface area (TPSA) is 67.9 Å². The highest BCUT2D eigenvalue weighted by molar-refractivity contribution is 6.30. The molecule has 3 rings (SSSR count). The second-order valence-corrected chi connectivity index (χ2v) is 7.29. The molecule has 1 saturated heterocycles. The Labute approximate surface area is 139 Å². The number of nitrogens with zero attached hydrogens (tertiary/aromatic N) is 1. The van der Waals surface area contributed by atoms with Crippen molar-refractivity contribution in [3.8, 4) is 0 Å². The van der Waals surface area contributed by atoms with Crippen molar-refractivity contribution in [1.82, 2.24) is 4.90 Å². The smallest absolute Gasteiger partial charge is 0.412 e. The lowest BCUT2D eigenvalue weighted by Gasteiger charge is -2.35. The molecule has 7 heteroatoms. The van der Waals surface area contributed by atoms with Gasteiger partial charge in [-0.25, -0.2) is 9.59 Å². The van der Waals surface area contributed by atoms with Gasteiger partial charge in [0.15, 0.2) is 5.60 Å². The molecule has 0 aliphatic carbocycles. The van der Waals surface area contributed by atoms with E-state index >= 15 is 0 Å². The third-order valence-electron chi connectivity index (χ3n) is 3.88. The molecule has 2 aliphatic rings. The largest absolute Gasteiger partial charge is 0.444 e. The summed E-state index contributed by atoms with van der Waals surface area (Å²) in [5.41, 5.74) is 0.00514. The lowest BCUT2D eigenvalue weighted by Crippen LogP contribution is -2.43. The molecule has 1 aromatic rings. The first kappa shape index (κ1) is 15.9. The maximum Gasteiger partial charge on any atom is 0.412 e. The summed E-state index contributed by atoms with van der Waals surface area (Å²) in [4.78, 5) is 25.7. The predicted molar refractivity (Wildman–Crippen MR) is 85.7 cm³/mol. The Balaban J connectivity index is 1.88. The highest BCUT2D eigenvalue weighted by Gasteiger charge is 2.49. The number of carbonyl (C=O) groups excluding carboxylic acids is 2. The third-order valence-corrected chi connectivity index (χ3v) is 4.12. The highest BCUT2D eigenvalue weighted by atomic mass is 35.5. The SMILES string of the molecule is CC(C)(C)OC(=O)N1CCC2(C1)OC(=O)Nc1ccc(Cl)cc12. The molecule has 2 amide bonds. The number of likely N-dealkylation sites (tertiary alicyclic amines) is 1. The zero-order chi connectivity index (χ0) is 16.8. The van der Waals surface area contributed by atoms with E-state index in [9.17, 15) is 9.59 Å². The summed E-state index contributed by atoms with van der Waals surface area (Å²) in [6.07, 6.45) is -0.425. The maximum atomic E-state index is 12.3. The zero-order valence-electron chi connectivity index (χ0n) is 13.3. The molecule has 1 N–H and O–H groups in total. The van der Waals surface area contributed by atoms with Gasteiger partial charge in [-0.05, 0) is 39.0 Å². The van der Waals surface area contributed by atoms with Gasteiger partial charge in [-0.15, -0.1) is 0 Å². The van der Waals surface area contributed by atoms with E-state index in [1.54, 1.807) is 23.1 Å². The fraction of sp³-hybridized carbons (Fsp3) is 0.500. The Kier molecular flexibility index (Phi) is 3.67. The van der Waals surface area contributed by atoms with Crippen LogP contribution in [0.4, 0.5) is 15.3 Å². The lowest BCUT2D eigenvalue weighted by molar-refractivity contribution is 0.00434. The number of anilines is 1. The predicted octanol–water partition coefficient (Wildman–Crippen LogP) is 3.74. The van der Waals surface area contributed by atoms with E-state index in [2.05, 4.69) is 5.32 Å². The number of hydrogen-bond donors (Lipinski definition) is 1. The quantitative estimate of drug-likeness (QED) is 0.782. The lowest BCUT2D eigenvalue weighted by atomic mass is 9.90. The van der Waals surface area contributed by atoms with Crippen molar-refractivity contribution in [2.45, 2.75) is 38.4 Å². The first-order valence-corrected chi connectivity index (χ1v) is 7.84. The van der Waals surface area contributed by atoms with Crippen molar-refractivity contribution in [2.75, 3.05) is 18.4 Å². The number of amides is 2. The van der Waals surface area contributed by atoms with Crippen LogP contribution in [-0.4, -0.2) is 35.8 Å². The Morgan fingerprint density at radius 3 is 2.87 bits per heavy atom. The molecule has 1 unspecified atom stereocenters. The van der Waals surface area contributed by atoms with Crippen molar-refractivity contribution >= 4 is 29.5 Å². The van der Waals surface area contributed by atoms with Gasteiger partial charge in [0.05, 0.1) is 12.2 Å². The van der Waals surface area contributed by atoms with Crippen molar-refractivity contribution in [1.29, 1.82) is 0 Å². The molecular formula is C16H19ClN2O4. The molecule has 6 nitrogen and oxygen atoms in total. The fourth-order valence-electron chi connectivity index (χ4n) is 2.94. The van der Waals surface area contributed by atoms with Gasteiger partial charge in [-0.3, -0.25) is 5.32 Å². The first-order valence-electron chi connectivity index (χ1n) is 7.46. The van der Waals surface area contributed by atoms with E-state index < -0.39 is 23.4 Å². The second kappa shape index (κ2) is 5.30. The van der Waals surface area contributed by atoms with Crippen LogP contribution in [0.3, 0.4) is 0 Å². The van der Waals surface area contributed by atoms with E-state index in [0.29, 0.717) is 23.7 Å². The number of fused-ring (bicyclic) bond motifs is 2. The molecule has 0 aromatic heterocycles. The Morgan fingerprint density at radius 1 is 1.43 bits per heavy atom. The molecule has 2 aliphatic heterocycles. The summed E-state index contributed by atoms with van der Waals surface area (Å²) in [7, 11) is 0. The minimum atomic E-state index is -0.876. The molecule has 1 atom stereocenters. The number of benzene rings is 1. The fourth-order valence-corrected chi connectivity index (χ4v) is 3.11. The number of hydrogen-bond acceptors (Lipinski definition) is 4. The molecule has 1 fully saturated rings. The van der Waals surface area contributed by atoms with Gasteiger partial charge in [0, 0.05) is 23.6 Å². The molecule has 23 heavy (non-hydrogen) atoms. The Bertz CT molecular complexity index is 671. The van der Waals surface area contributed by atoms with Crippen LogP contribution in [0, 0.1) is 0 Å². The van der Waals surface area contributed by atoms with E-state index in [1.807, 2.05) is 20.8 Å². The average Bonchev–Trinajstić information content (AvgIpc) is 2.83. The molecule has 1 spiro atoms. The maximum absolute atomic E-state index is 12.3. The second-order valence-electron chi connectivity index (χ2n) is 6.85. The number of nitrogens with one attached hydrogen (secondary N) is 1. The molecular weight excluding hydrogens is 320 g/mol. The van der Waals surface area contributed by atoms with E-state index in [0.717, 1.165) is 5.56 Å². The van der Waals surface area contributed by atoms with E-state index in [1.165, 1.54) is 0 Å². The zero-order valence-corrected chi connectivity index (χ0v) is 14.1. The Morgan fingerprint density at radius 2 is 2.17 bits per heavy atom. The van der Waals surface area contributed by atoms with Crippen LogP contribution < -0.4 is 5.32 Å². The monoisotopic (exact) mass is 338 g/mol. The van der Waals surface area contributed by atoms with Crippen LogP contribution in [0.2, 0.25) is 5.02 Å². The average molecular weight is 339 g/mol. The van der Waals surface area contributed by atoms with Gasteiger partial charge in [0.1, 0.15) is 5.60 Å². The van der Waals surface area contributed by atoms with Gasteiger partial charge in [-0.2, -0.15) is 0 Å². The van der Waals surface area contributed by atoms with Crippen molar-refractivity contribution in [3.63, 3.8) is 0 Å². The number of ether oxygens (including phenoxy) is 2. The molecule has 0 bridgehead atoms. The number of halogens is 1. The normalized spacial score (nSPS) is 23.3. The van der Waals surface area contributed by atoms with Crippen LogP contribution in [0.15, 0.2) is 18.2 Å². The standard InChI is InChI=1S/C16H19ClN2O4/c1-15(2,3)23-14(21)19-7-6-16(9-19)11-8-10(17)4-5-12(11)18-13(20)22-16/h4-5,8H,6-7,9H2,1-3H3,(H,18,20). The van der Waals surface area contributed by atoms with E-state index in [-0.39, 0.29) is 6.54 Å². The molecule has 0 radical (unpaired) electrons. The minimum Gasteiger partial charge on any atom is -0.444 e. The summed E-state index contributed by atoms with van der Waals surface area (Å²) >= 11 is 6.09. The summed E-state index contributed by atoms with van der Waals surface area (Å²) < 4.78 is 11.0. The van der Waals surface area contributed by atoms with Crippen molar-refractivity contribution < 1.29 is 19.1 Å². The van der Waals surface area contributed by atoms with Crippen LogP contribution in [0.5, 0.6) is 0 Å². The Hall–Kier alpha value is -1.95. The van der Waals surface area contributed by atoms with Crippen molar-refractivity contribution in [2.24, 2.45) is 0 Å². The van der Waals surface area contributed by atoms with Gasteiger partial charge < -0.3 is 14.4 Å². The van der Waals surface area contributed by atoms with Crippen LogP contribution in [0.1, 0.15) is 32.8 Å². The van der Waals surface area contributed by atoms with Gasteiger partial charge in [0.25, 0.3) is 0 Å². The molecule has 2 heterocycles. The summed E-state index contributed by atoms with van der Waals surface area (Å²) in [6, 6.07) is 5.23. The molecule has 124 valence electrons. The summed E-state index contributed by atoms with van der Waals surface area (Å²) in [5, 5.41) is 3.22. The van der Waals surface area contributed by atoms with Gasteiger partial charge in [-0.1, -0.05) is 11.6 Å². The number of rotatable bonds is 0. The molecule has 0 saturated carbocycles. The number of carbonyl (C=O) groups is 2. The van der Waals surface area contributed by atoms with E-state index in [4.69, 9.17) is 21.1 Å². The minimum absolute atomic E-state index is 0.253. The third kappa shape index (κ3) is 3.08. The summed E-state index contributed by atoms with van der Waals surface area (Å²) in [6.45, 7) is 6.15. The van der Waals surface area contributed by atoms with Crippen LogP contribution >= 0.6 is 11.6 Å². The molecule has 1 aromatic carbocycles. The first-order chi connectivity index (χ1) is 10.7. The highest BCUT2D eigenvalue weighted by Crippen LogP contribution is 2.43. The van der Waals surface area contributed by atoms with Crippen LogP contribution in [-0.2, 0) is 15.1 Å². The van der Waals surface area contributed by atoms with Gasteiger partial charge >= 0.3 is 12.2 Å².